The number of methoxy groups -OCH3 is 1. The predicted molar refractivity (Wildman–Crippen MR) is 127 cm³/mol. The van der Waals surface area contributed by atoms with Crippen molar-refractivity contribution < 1.29 is 14.3 Å². The Bertz CT molecular complexity index is 1080. The Morgan fingerprint density at radius 3 is 2.85 bits per heavy atom. The van der Waals surface area contributed by atoms with E-state index in [1.165, 1.54) is 19.3 Å². The summed E-state index contributed by atoms with van der Waals surface area (Å²) in [6.45, 7) is 5.17. The maximum absolute atomic E-state index is 12.8. The number of ketones is 1. The fourth-order valence-corrected chi connectivity index (χ4v) is 4.60. The number of hydrogen-bond acceptors (Lipinski definition) is 8. The molecule has 0 saturated carbocycles. The summed E-state index contributed by atoms with van der Waals surface area (Å²) in [5.74, 6) is 2.71. The summed E-state index contributed by atoms with van der Waals surface area (Å²) in [5.41, 5.74) is 2.26. The normalized spacial score (nSPS) is 18.9. The summed E-state index contributed by atoms with van der Waals surface area (Å²) in [5, 5.41) is 3.42. The zero-order valence-electron chi connectivity index (χ0n) is 18.9. The minimum absolute atomic E-state index is 0.117. The molecule has 33 heavy (non-hydrogen) atoms. The van der Waals surface area contributed by atoms with Gasteiger partial charge in [-0.05, 0) is 50.2 Å². The van der Waals surface area contributed by atoms with Crippen molar-refractivity contribution in [2.75, 3.05) is 51.8 Å². The standard InChI is InChI=1S/C25H29N5O3/c1-32-24-21(33-15-14-29-11-3-2-4-12-29)8-7-19-23(24)28-22(30-13-10-27-25(19)30)16-20(31)18-6-5-9-26-17-18/h5-9,16-17,28H,2-4,10-15H2,1H3/b22-16+. The Morgan fingerprint density at radius 2 is 2.06 bits per heavy atom. The van der Waals surface area contributed by atoms with Crippen molar-refractivity contribution in [1.82, 2.24) is 14.8 Å². The number of nitrogens with one attached hydrogen (secondary N) is 1. The first-order chi connectivity index (χ1) is 16.2. The number of ether oxygens (including phenoxy) is 2. The maximum atomic E-state index is 12.8. The lowest BCUT2D eigenvalue weighted by Crippen LogP contribution is -2.37. The first kappa shape index (κ1) is 21.5. The number of anilines is 1. The highest BCUT2D eigenvalue weighted by atomic mass is 16.5. The SMILES string of the molecule is COc1c(OCCN2CCCCC2)ccc2c1N/C(=C\C(=O)c1cccnc1)N1CCN=C21. The van der Waals surface area contributed by atoms with E-state index in [-0.39, 0.29) is 5.78 Å². The van der Waals surface area contributed by atoms with E-state index >= 15 is 0 Å². The number of likely N-dealkylation sites (tertiary alicyclic amines) is 1. The number of carbonyl (C=O) groups is 1. The number of allylic oxidation sites excluding steroid dienone is 1. The third-order valence-corrected chi connectivity index (χ3v) is 6.28. The van der Waals surface area contributed by atoms with Gasteiger partial charge >= 0.3 is 0 Å². The van der Waals surface area contributed by atoms with Crippen LogP contribution in [0.2, 0.25) is 0 Å². The molecular formula is C25H29N5O3. The highest BCUT2D eigenvalue weighted by Gasteiger charge is 2.33. The van der Waals surface area contributed by atoms with E-state index in [4.69, 9.17) is 14.5 Å². The summed E-state index contributed by atoms with van der Waals surface area (Å²) in [4.78, 5) is 26.1. The second kappa shape index (κ2) is 9.62. The minimum atomic E-state index is -0.117. The number of rotatable bonds is 7. The smallest absolute Gasteiger partial charge is 0.191 e. The molecule has 0 amide bonds. The van der Waals surface area contributed by atoms with Crippen LogP contribution in [-0.4, -0.2) is 72.8 Å². The molecule has 5 rings (SSSR count). The Balaban J connectivity index is 1.40. The molecule has 172 valence electrons. The van der Waals surface area contributed by atoms with Gasteiger partial charge in [-0.25, -0.2) is 0 Å². The van der Waals surface area contributed by atoms with Gasteiger partial charge in [0.25, 0.3) is 0 Å². The second-order valence-electron chi connectivity index (χ2n) is 8.39. The molecule has 8 heteroatoms. The van der Waals surface area contributed by atoms with Crippen LogP contribution in [0.25, 0.3) is 0 Å². The van der Waals surface area contributed by atoms with Crippen molar-refractivity contribution in [3.63, 3.8) is 0 Å². The van der Waals surface area contributed by atoms with Gasteiger partial charge < -0.3 is 19.7 Å². The molecule has 1 N–H and O–H groups in total. The summed E-state index contributed by atoms with van der Waals surface area (Å²) in [7, 11) is 1.64. The highest BCUT2D eigenvalue weighted by Crippen LogP contribution is 2.43. The fraction of sp³-hybridized carbons (Fsp3) is 0.400. The molecule has 1 aromatic carbocycles. The van der Waals surface area contributed by atoms with Crippen molar-refractivity contribution in [3.05, 3.63) is 59.7 Å². The van der Waals surface area contributed by atoms with E-state index in [1.54, 1.807) is 37.7 Å². The average Bonchev–Trinajstić information content (AvgIpc) is 3.36. The lowest BCUT2D eigenvalue weighted by molar-refractivity contribution is 0.104. The highest BCUT2D eigenvalue weighted by molar-refractivity contribution is 6.11. The zero-order valence-corrected chi connectivity index (χ0v) is 18.9. The monoisotopic (exact) mass is 447 g/mol. The molecule has 0 atom stereocenters. The lowest BCUT2D eigenvalue weighted by Gasteiger charge is -2.32. The van der Waals surface area contributed by atoms with Gasteiger partial charge in [-0.2, -0.15) is 0 Å². The number of aromatic nitrogens is 1. The van der Waals surface area contributed by atoms with Gasteiger partial charge in [-0.3, -0.25) is 19.7 Å². The van der Waals surface area contributed by atoms with Crippen molar-refractivity contribution in [2.45, 2.75) is 19.3 Å². The zero-order chi connectivity index (χ0) is 22.6. The van der Waals surface area contributed by atoms with Gasteiger partial charge in [0, 0.05) is 42.7 Å². The number of fused-ring (bicyclic) bond motifs is 3. The van der Waals surface area contributed by atoms with Crippen LogP contribution in [0, 0.1) is 0 Å². The van der Waals surface area contributed by atoms with Crippen LogP contribution >= 0.6 is 0 Å². The molecule has 1 saturated heterocycles. The minimum Gasteiger partial charge on any atom is -0.491 e. The third-order valence-electron chi connectivity index (χ3n) is 6.28. The topological polar surface area (TPSA) is 79.3 Å². The van der Waals surface area contributed by atoms with Gasteiger partial charge in [0.05, 0.1) is 19.3 Å². The molecule has 3 aliphatic rings. The first-order valence-electron chi connectivity index (χ1n) is 11.6. The van der Waals surface area contributed by atoms with Crippen molar-refractivity contribution in [3.8, 4) is 11.5 Å². The van der Waals surface area contributed by atoms with E-state index in [0.29, 0.717) is 42.6 Å². The average molecular weight is 448 g/mol. The molecule has 8 nitrogen and oxygen atoms in total. The van der Waals surface area contributed by atoms with Crippen LogP contribution in [0.1, 0.15) is 35.2 Å². The molecule has 0 radical (unpaired) electrons. The van der Waals surface area contributed by atoms with Crippen LogP contribution in [-0.2, 0) is 0 Å². The van der Waals surface area contributed by atoms with E-state index < -0.39 is 0 Å². The summed E-state index contributed by atoms with van der Waals surface area (Å²) in [6.07, 6.45) is 8.67. The second-order valence-corrected chi connectivity index (χ2v) is 8.39. The largest absolute Gasteiger partial charge is 0.491 e. The molecule has 1 aromatic heterocycles. The number of amidine groups is 1. The Morgan fingerprint density at radius 1 is 1.18 bits per heavy atom. The van der Waals surface area contributed by atoms with Crippen molar-refractivity contribution >= 4 is 17.3 Å². The molecule has 0 spiro atoms. The Hall–Kier alpha value is -3.39. The number of hydrogen-bond donors (Lipinski definition) is 1. The third kappa shape index (κ3) is 4.43. The number of pyridine rings is 1. The predicted octanol–water partition coefficient (Wildman–Crippen LogP) is 3.17. The molecular weight excluding hydrogens is 418 g/mol. The van der Waals surface area contributed by atoms with Gasteiger partial charge in [0.1, 0.15) is 18.3 Å². The van der Waals surface area contributed by atoms with Gasteiger partial charge in [0.15, 0.2) is 17.3 Å². The Labute approximate surface area is 193 Å². The number of piperidine rings is 1. The molecule has 2 aromatic rings. The summed E-state index contributed by atoms with van der Waals surface area (Å²) in [6, 6.07) is 7.48. The van der Waals surface area contributed by atoms with Crippen LogP contribution in [0.5, 0.6) is 11.5 Å². The van der Waals surface area contributed by atoms with Crippen LogP contribution in [0.15, 0.2) is 53.5 Å². The van der Waals surface area contributed by atoms with Gasteiger partial charge in [-0.1, -0.05) is 6.42 Å². The summed E-state index contributed by atoms with van der Waals surface area (Å²) >= 11 is 0. The van der Waals surface area contributed by atoms with E-state index in [0.717, 1.165) is 36.7 Å². The molecule has 1 fully saturated rings. The number of benzene rings is 1. The first-order valence-corrected chi connectivity index (χ1v) is 11.6. The van der Waals surface area contributed by atoms with E-state index in [9.17, 15) is 4.79 Å². The molecule has 0 bridgehead atoms. The van der Waals surface area contributed by atoms with E-state index in [1.807, 2.05) is 17.0 Å². The van der Waals surface area contributed by atoms with Crippen molar-refractivity contribution in [2.24, 2.45) is 4.99 Å². The Kier molecular flexibility index (Phi) is 6.26. The van der Waals surface area contributed by atoms with Crippen molar-refractivity contribution in [1.29, 1.82) is 0 Å². The fourth-order valence-electron chi connectivity index (χ4n) is 4.60. The van der Waals surface area contributed by atoms with Gasteiger partial charge in [-0.15, -0.1) is 0 Å². The van der Waals surface area contributed by atoms with Crippen LogP contribution in [0.3, 0.4) is 0 Å². The van der Waals surface area contributed by atoms with Gasteiger partial charge in [0.2, 0.25) is 0 Å². The summed E-state index contributed by atoms with van der Waals surface area (Å²) < 4.78 is 11.9. The quantitative estimate of drug-likeness (QED) is 0.516. The van der Waals surface area contributed by atoms with Crippen LogP contribution in [0.4, 0.5) is 5.69 Å². The maximum Gasteiger partial charge on any atom is 0.191 e. The van der Waals surface area contributed by atoms with E-state index in [2.05, 4.69) is 15.2 Å². The number of aliphatic imine (C=N–C) groups is 1. The molecule has 0 aliphatic carbocycles. The number of nitrogens with zero attached hydrogens (tertiary/aromatic N) is 4. The number of carbonyl (C=O) groups excluding carboxylic acids is 1. The molecule has 0 unspecified atom stereocenters. The van der Waals surface area contributed by atoms with Crippen LogP contribution < -0.4 is 14.8 Å². The molecule has 4 heterocycles. The molecule has 3 aliphatic heterocycles. The lowest BCUT2D eigenvalue weighted by atomic mass is 10.1.